The lowest BCUT2D eigenvalue weighted by molar-refractivity contribution is 0.595. The SMILES string of the molecule is CC[S@+]([O-])c1cc(C2(C#N)CC2)cnc1C#N. The van der Waals surface area contributed by atoms with Crippen molar-refractivity contribution in [3.63, 3.8) is 0 Å². The van der Waals surface area contributed by atoms with Crippen LogP contribution in [0.15, 0.2) is 17.2 Å². The van der Waals surface area contributed by atoms with Crippen LogP contribution in [0.4, 0.5) is 0 Å². The van der Waals surface area contributed by atoms with Gasteiger partial charge in [-0.25, -0.2) is 4.98 Å². The summed E-state index contributed by atoms with van der Waals surface area (Å²) >= 11 is -1.22. The molecule has 5 heteroatoms. The number of nitrogens with zero attached hydrogens (tertiary/aromatic N) is 3. The quantitative estimate of drug-likeness (QED) is 0.758. The third-order valence-corrected chi connectivity index (χ3v) is 4.31. The Bertz CT molecular complexity index is 526. The molecule has 0 amide bonds. The van der Waals surface area contributed by atoms with Crippen molar-refractivity contribution in [3.05, 3.63) is 23.5 Å². The monoisotopic (exact) mass is 245 g/mol. The molecule has 0 N–H and O–H groups in total. The molecule has 2 rings (SSSR count). The molecule has 1 atom stereocenters. The van der Waals surface area contributed by atoms with E-state index in [1.165, 1.54) is 0 Å². The molecule has 0 spiro atoms. The molecular formula is C12H11N3OS. The van der Waals surface area contributed by atoms with E-state index in [0.29, 0.717) is 10.6 Å². The van der Waals surface area contributed by atoms with E-state index in [0.717, 1.165) is 18.4 Å². The molecule has 1 aliphatic carbocycles. The third kappa shape index (κ3) is 2.00. The van der Waals surface area contributed by atoms with Crippen molar-refractivity contribution in [3.8, 4) is 12.1 Å². The van der Waals surface area contributed by atoms with Crippen molar-refractivity contribution in [2.45, 2.75) is 30.1 Å². The fourth-order valence-corrected chi connectivity index (χ4v) is 2.59. The van der Waals surface area contributed by atoms with Gasteiger partial charge in [0.25, 0.3) is 0 Å². The van der Waals surface area contributed by atoms with Crippen molar-refractivity contribution >= 4 is 11.2 Å². The Morgan fingerprint density at radius 3 is 2.71 bits per heavy atom. The normalized spacial score (nSPS) is 17.9. The topological polar surface area (TPSA) is 83.5 Å². The van der Waals surface area contributed by atoms with Gasteiger partial charge in [0.1, 0.15) is 11.8 Å². The molecule has 0 unspecified atom stereocenters. The molecule has 0 aliphatic heterocycles. The maximum absolute atomic E-state index is 11.8. The van der Waals surface area contributed by atoms with Crippen molar-refractivity contribution in [2.24, 2.45) is 0 Å². The average molecular weight is 245 g/mol. The van der Waals surface area contributed by atoms with Gasteiger partial charge in [-0.3, -0.25) is 0 Å². The van der Waals surface area contributed by atoms with E-state index in [1.807, 2.05) is 6.07 Å². The number of pyridine rings is 1. The van der Waals surface area contributed by atoms with E-state index in [9.17, 15) is 4.55 Å². The first-order chi connectivity index (χ1) is 8.16. The number of aromatic nitrogens is 1. The average Bonchev–Trinajstić information content (AvgIpc) is 3.18. The van der Waals surface area contributed by atoms with Crippen LogP contribution >= 0.6 is 0 Å². The molecule has 0 saturated heterocycles. The van der Waals surface area contributed by atoms with E-state index >= 15 is 0 Å². The summed E-state index contributed by atoms with van der Waals surface area (Å²) < 4.78 is 11.8. The molecule has 1 saturated carbocycles. The van der Waals surface area contributed by atoms with E-state index < -0.39 is 16.6 Å². The molecule has 4 nitrogen and oxygen atoms in total. The molecule has 1 heterocycles. The lowest BCUT2D eigenvalue weighted by Gasteiger charge is -2.12. The Morgan fingerprint density at radius 2 is 2.24 bits per heavy atom. The standard InChI is InChI=1S/C12H11N3OS/c1-2-17(16)11-5-9(7-15-10(11)6-13)12(8-14)3-4-12/h5,7H,2-4H2,1H3/t17-/m0/s1. The fraction of sp³-hybridized carbons (Fsp3) is 0.417. The Morgan fingerprint density at radius 1 is 1.53 bits per heavy atom. The summed E-state index contributed by atoms with van der Waals surface area (Å²) in [6, 6.07) is 5.92. The Kier molecular flexibility index (Phi) is 3.06. The zero-order chi connectivity index (χ0) is 12.5. The van der Waals surface area contributed by atoms with Crippen LogP contribution in [-0.4, -0.2) is 15.3 Å². The molecular weight excluding hydrogens is 234 g/mol. The minimum atomic E-state index is -1.22. The molecule has 0 aromatic carbocycles. The molecule has 1 fully saturated rings. The second-order valence-electron chi connectivity index (χ2n) is 4.01. The van der Waals surface area contributed by atoms with Gasteiger partial charge in [-0.1, -0.05) is 0 Å². The van der Waals surface area contributed by atoms with Crippen LogP contribution < -0.4 is 0 Å². The third-order valence-electron chi connectivity index (χ3n) is 2.98. The largest absolute Gasteiger partial charge is 0.611 e. The van der Waals surface area contributed by atoms with Gasteiger partial charge in [0.15, 0.2) is 10.6 Å². The summed E-state index contributed by atoms with van der Waals surface area (Å²) in [5.41, 5.74) is 0.534. The van der Waals surface area contributed by atoms with Crippen molar-refractivity contribution in [1.82, 2.24) is 4.98 Å². The molecule has 0 bridgehead atoms. The number of rotatable bonds is 3. The van der Waals surface area contributed by atoms with Gasteiger partial charge in [0.05, 0.1) is 11.5 Å². The summed E-state index contributed by atoms with van der Waals surface area (Å²) in [5.74, 6) is 0.444. The molecule has 17 heavy (non-hydrogen) atoms. The first-order valence-corrected chi connectivity index (χ1v) is 6.69. The predicted octanol–water partition coefficient (Wildman–Crippen LogP) is 1.64. The summed E-state index contributed by atoms with van der Waals surface area (Å²) in [4.78, 5) is 4.47. The van der Waals surface area contributed by atoms with E-state index in [4.69, 9.17) is 10.5 Å². The van der Waals surface area contributed by atoms with Gasteiger partial charge in [0, 0.05) is 12.3 Å². The second-order valence-corrected chi connectivity index (χ2v) is 5.72. The molecule has 0 radical (unpaired) electrons. The zero-order valence-corrected chi connectivity index (χ0v) is 10.3. The number of hydrogen-bond donors (Lipinski definition) is 0. The van der Waals surface area contributed by atoms with Crippen LogP contribution in [-0.2, 0) is 16.6 Å². The molecule has 1 aromatic heterocycles. The van der Waals surface area contributed by atoms with Gasteiger partial charge in [-0.05, 0) is 36.5 Å². The number of nitriles is 2. The molecule has 1 aliphatic rings. The molecule has 1 aromatic rings. The van der Waals surface area contributed by atoms with Gasteiger partial charge >= 0.3 is 0 Å². The van der Waals surface area contributed by atoms with E-state index in [-0.39, 0.29) is 5.69 Å². The first kappa shape index (κ1) is 11.9. The summed E-state index contributed by atoms with van der Waals surface area (Å²) in [6.45, 7) is 1.79. The number of hydrogen-bond acceptors (Lipinski definition) is 4. The van der Waals surface area contributed by atoms with Crippen molar-refractivity contribution in [2.75, 3.05) is 5.75 Å². The van der Waals surface area contributed by atoms with Crippen molar-refractivity contribution in [1.29, 1.82) is 10.5 Å². The smallest absolute Gasteiger partial charge is 0.195 e. The fourth-order valence-electron chi connectivity index (χ4n) is 1.71. The van der Waals surface area contributed by atoms with Crippen LogP contribution in [0.3, 0.4) is 0 Å². The zero-order valence-electron chi connectivity index (χ0n) is 9.43. The predicted molar refractivity (Wildman–Crippen MR) is 62.4 cm³/mol. The van der Waals surface area contributed by atoms with Crippen LogP contribution in [0.1, 0.15) is 31.0 Å². The van der Waals surface area contributed by atoms with Gasteiger partial charge in [-0.2, -0.15) is 10.5 Å². The highest BCUT2D eigenvalue weighted by Gasteiger charge is 2.46. The lowest BCUT2D eigenvalue weighted by Crippen LogP contribution is -2.11. The Balaban J connectivity index is 2.47. The van der Waals surface area contributed by atoms with Gasteiger partial charge < -0.3 is 4.55 Å². The van der Waals surface area contributed by atoms with E-state index in [2.05, 4.69) is 11.1 Å². The minimum Gasteiger partial charge on any atom is -0.611 e. The van der Waals surface area contributed by atoms with Crippen LogP contribution in [0, 0.1) is 22.7 Å². The van der Waals surface area contributed by atoms with Crippen LogP contribution in [0.5, 0.6) is 0 Å². The van der Waals surface area contributed by atoms with Crippen molar-refractivity contribution < 1.29 is 4.55 Å². The summed E-state index contributed by atoms with van der Waals surface area (Å²) in [7, 11) is 0. The highest BCUT2D eigenvalue weighted by molar-refractivity contribution is 7.91. The maximum atomic E-state index is 11.8. The lowest BCUT2D eigenvalue weighted by atomic mass is 10.00. The minimum absolute atomic E-state index is 0.197. The Hall–Kier alpha value is -1.56. The van der Waals surface area contributed by atoms with Gasteiger partial charge in [-0.15, -0.1) is 0 Å². The summed E-state index contributed by atoms with van der Waals surface area (Å²) in [5, 5.41) is 18.0. The van der Waals surface area contributed by atoms with Crippen LogP contribution in [0.2, 0.25) is 0 Å². The molecule has 86 valence electrons. The van der Waals surface area contributed by atoms with Crippen LogP contribution in [0.25, 0.3) is 0 Å². The van der Waals surface area contributed by atoms with Gasteiger partial charge in [0.2, 0.25) is 0 Å². The second kappa shape index (κ2) is 4.37. The highest BCUT2D eigenvalue weighted by atomic mass is 32.2. The van der Waals surface area contributed by atoms with E-state index in [1.54, 1.807) is 19.2 Å². The summed E-state index contributed by atoms with van der Waals surface area (Å²) in [6.07, 6.45) is 3.19. The highest BCUT2D eigenvalue weighted by Crippen LogP contribution is 2.47. The Labute approximate surface area is 103 Å². The maximum Gasteiger partial charge on any atom is 0.195 e. The first-order valence-electron chi connectivity index (χ1n) is 5.37.